The van der Waals surface area contributed by atoms with Gasteiger partial charge in [0.25, 0.3) is 0 Å². The summed E-state index contributed by atoms with van der Waals surface area (Å²) in [7, 11) is 0. The molecule has 0 aliphatic carbocycles. The highest BCUT2D eigenvalue weighted by Crippen LogP contribution is 2.44. The molecule has 4 aromatic rings. The van der Waals surface area contributed by atoms with E-state index in [0.717, 1.165) is 33.7 Å². The summed E-state index contributed by atoms with van der Waals surface area (Å²) in [6, 6.07) is 16.2. The minimum atomic E-state index is -0.0875. The molecule has 1 N–H and O–H groups in total. The van der Waals surface area contributed by atoms with Crippen molar-refractivity contribution < 1.29 is 4.74 Å². The monoisotopic (exact) mass is 475 g/mol. The molecule has 2 unspecified atom stereocenters. The first-order chi connectivity index (χ1) is 16.1. The summed E-state index contributed by atoms with van der Waals surface area (Å²) in [6.45, 7) is 6.89. The highest BCUT2D eigenvalue weighted by atomic mass is 32.1. The van der Waals surface area contributed by atoms with Crippen molar-refractivity contribution >= 4 is 34.4 Å². The van der Waals surface area contributed by atoms with Crippen molar-refractivity contribution in [1.82, 2.24) is 19.9 Å². The highest BCUT2D eigenvalue weighted by molar-refractivity contribution is 7.80. The van der Waals surface area contributed by atoms with Crippen molar-refractivity contribution in [2.45, 2.75) is 32.9 Å². The zero-order valence-corrected chi connectivity index (χ0v) is 20.4. The molecule has 5 rings (SSSR count). The number of hydrogen-bond acceptors (Lipinski definition) is 5. The van der Waals surface area contributed by atoms with Crippen molar-refractivity contribution in [1.29, 1.82) is 0 Å². The summed E-state index contributed by atoms with van der Waals surface area (Å²) in [4.78, 5) is 11.4. The van der Waals surface area contributed by atoms with Gasteiger partial charge in [-0.05, 0) is 81.0 Å². The van der Waals surface area contributed by atoms with Crippen LogP contribution in [-0.4, -0.2) is 26.3 Å². The number of nitrogens with zero attached hydrogens (tertiary/aromatic N) is 4. The molecule has 33 heavy (non-hydrogen) atoms. The smallest absolute Gasteiger partial charge is 0.193 e. The molecule has 0 spiro atoms. The number of thiocarbonyl (C=S) groups is 1. The zero-order chi connectivity index (χ0) is 22.9. The average molecular weight is 476 g/mol. The Kier molecular flexibility index (Phi) is 5.86. The van der Waals surface area contributed by atoms with Crippen molar-refractivity contribution in [3.63, 3.8) is 0 Å². The molecular weight excluding hydrogens is 450 g/mol. The number of rotatable bonds is 6. The Morgan fingerprint density at radius 1 is 1.09 bits per heavy atom. The van der Waals surface area contributed by atoms with Crippen molar-refractivity contribution in [3.8, 4) is 10.9 Å². The SMILES string of the molecule is CCOc1ccc(N2C(=S)NC(c3ccccn3)C2c2cc(C)n(-c3nccs3)c2C)cc1. The van der Waals surface area contributed by atoms with E-state index >= 15 is 0 Å². The number of thiazole rings is 1. The van der Waals surface area contributed by atoms with E-state index in [2.05, 4.69) is 62.9 Å². The van der Waals surface area contributed by atoms with Gasteiger partial charge >= 0.3 is 0 Å². The summed E-state index contributed by atoms with van der Waals surface area (Å²) in [6.07, 6.45) is 3.67. The number of aromatic nitrogens is 3. The Hall–Kier alpha value is -3.23. The molecule has 0 saturated carbocycles. The van der Waals surface area contributed by atoms with Crippen LogP contribution in [0.15, 0.2) is 66.3 Å². The van der Waals surface area contributed by atoms with E-state index in [9.17, 15) is 0 Å². The number of pyridine rings is 1. The minimum absolute atomic E-state index is 0.0646. The van der Waals surface area contributed by atoms with E-state index in [-0.39, 0.29) is 12.1 Å². The number of anilines is 1. The quantitative estimate of drug-likeness (QED) is 0.371. The summed E-state index contributed by atoms with van der Waals surface area (Å²) < 4.78 is 7.86. The van der Waals surface area contributed by atoms with Crippen molar-refractivity contribution in [3.05, 3.63) is 88.9 Å². The molecule has 8 heteroatoms. The molecule has 168 valence electrons. The van der Waals surface area contributed by atoms with Crippen molar-refractivity contribution in [2.75, 3.05) is 11.5 Å². The number of aryl methyl sites for hydroxylation is 1. The number of hydrogen-bond donors (Lipinski definition) is 1. The van der Waals surface area contributed by atoms with Crippen LogP contribution in [0.1, 0.15) is 41.7 Å². The fourth-order valence-corrected chi connectivity index (χ4v) is 5.62. The molecule has 1 fully saturated rings. The second-order valence-electron chi connectivity index (χ2n) is 7.90. The summed E-state index contributed by atoms with van der Waals surface area (Å²) in [5, 5.41) is 7.19. The molecule has 0 radical (unpaired) electrons. The summed E-state index contributed by atoms with van der Waals surface area (Å²) in [5.74, 6) is 0.846. The van der Waals surface area contributed by atoms with Gasteiger partial charge in [0, 0.05) is 34.8 Å². The van der Waals surface area contributed by atoms with Gasteiger partial charge in [0.1, 0.15) is 5.75 Å². The third-order valence-corrected chi connectivity index (χ3v) is 6.99. The molecule has 0 bridgehead atoms. The van der Waals surface area contributed by atoms with Gasteiger partial charge in [0.2, 0.25) is 0 Å². The Labute approximate surface area is 202 Å². The first kappa shape index (κ1) is 21.6. The predicted molar refractivity (Wildman–Crippen MR) is 136 cm³/mol. The van der Waals surface area contributed by atoms with E-state index in [1.54, 1.807) is 11.3 Å². The van der Waals surface area contributed by atoms with Gasteiger partial charge < -0.3 is 15.0 Å². The maximum atomic E-state index is 5.86. The van der Waals surface area contributed by atoms with Gasteiger partial charge in [-0.3, -0.25) is 9.55 Å². The van der Waals surface area contributed by atoms with Crippen LogP contribution >= 0.6 is 23.6 Å². The molecule has 1 aliphatic rings. The zero-order valence-electron chi connectivity index (χ0n) is 18.7. The molecular formula is C25H25N5OS2. The normalized spacial score (nSPS) is 17.9. The first-order valence-corrected chi connectivity index (χ1v) is 12.2. The van der Waals surface area contributed by atoms with Crippen LogP contribution in [0.2, 0.25) is 0 Å². The lowest BCUT2D eigenvalue weighted by molar-refractivity contribution is 0.340. The third-order valence-electron chi connectivity index (χ3n) is 5.92. The van der Waals surface area contributed by atoms with E-state index in [1.165, 1.54) is 5.56 Å². The van der Waals surface area contributed by atoms with Crippen LogP contribution < -0.4 is 15.0 Å². The topological polar surface area (TPSA) is 55.2 Å². The maximum Gasteiger partial charge on any atom is 0.193 e. The van der Waals surface area contributed by atoms with Gasteiger partial charge in [-0.25, -0.2) is 4.98 Å². The fraction of sp³-hybridized carbons (Fsp3) is 0.240. The van der Waals surface area contributed by atoms with Crippen LogP contribution in [-0.2, 0) is 0 Å². The van der Waals surface area contributed by atoms with Crippen molar-refractivity contribution in [2.24, 2.45) is 0 Å². The van der Waals surface area contributed by atoms with E-state index in [1.807, 2.05) is 49.0 Å². The van der Waals surface area contributed by atoms with Crippen LogP contribution in [0.5, 0.6) is 5.75 Å². The molecule has 6 nitrogen and oxygen atoms in total. The number of nitrogens with one attached hydrogen (secondary N) is 1. The fourth-order valence-electron chi connectivity index (χ4n) is 4.53. The summed E-state index contributed by atoms with van der Waals surface area (Å²) in [5.41, 5.74) is 5.45. The molecule has 0 amide bonds. The minimum Gasteiger partial charge on any atom is -0.494 e. The molecule has 1 saturated heterocycles. The van der Waals surface area contributed by atoms with Gasteiger partial charge in [-0.1, -0.05) is 6.07 Å². The van der Waals surface area contributed by atoms with Crippen LogP contribution in [0.3, 0.4) is 0 Å². The lowest BCUT2D eigenvalue weighted by Gasteiger charge is -2.28. The number of ether oxygens (including phenoxy) is 1. The van der Waals surface area contributed by atoms with Crippen LogP contribution in [0, 0.1) is 13.8 Å². The summed E-state index contributed by atoms with van der Waals surface area (Å²) >= 11 is 7.49. The van der Waals surface area contributed by atoms with Gasteiger partial charge in [-0.2, -0.15) is 0 Å². The second kappa shape index (κ2) is 8.96. The molecule has 1 aromatic carbocycles. The van der Waals surface area contributed by atoms with Crippen LogP contribution in [0.25, 0.3) is 5.13 Å². The molecule has 3 aromatic heterocycles. The Balaban J connectivity index is 1.64. The first-order valence-electron chi connectivity index (χ1n) is 10.9. The van der Waals surface area contributed by atoms with Gasteiger partial charge in [0.05, 0.1) is 24.4 Å². The van der Waals surface area contributed by atoms with E-state index in [4.69, 9.17) is 17.0 Å². The second-order valence-corrected chi connectivity index (χ2v) is 9.16. The largest absolute Gasteiger partial charge is 0.494 e. The standard InChI is InChI=1S/C25H25N5OS2/c1-4-31-19-10-8-18(9-11-19)30-23(22(28-24(30)32)21-7-5-6-12-26-21)20-15-16(2)29(17(20)3)25-27-13-14-33-25/h5-15,22-23H,4H2,1-3H3,(H,28,32). The van der Waals surface area contributed by atoms with Crippen LogP contribution in [0.4, 0.5) is 5.69 Å². The van der Waals surface area contributed by atoms with Gasteiger partial charge in [-0.15, -0.1) is 11.3 Å². The van der Waals surface area contributed by atoms with E-state index in [0.29, 0.717) is 11.7 Å². The molecule has 4 heterocycles. The lowest BCUT2D eigenvalue weighted by atomic mass is 9.96. The Morgan fingerprint density at radius 3 is 2.58 bits per heavy atom. The predicted octanol–water partition coefficient (Wildman–Crippen LogP) is 5.52. The number of benzene rings is 1. The highest BCUT2D eigenvalue weighted by Gasteiger charge is 2.42. The van der Waals surface area contributed by atoms with E-state index < -0.39 is 0 Å². The lowest BCUT2D eigenvalue weighted by Crippen LogP contribution is -2.29. The Morgan fingerprint density at radius 2 is 1.91 bits per heavy atom. The third kappa shape index (κ3) is 3.89. The average Bonchev–Trinajstić information content (AvgIpc) is 3.53. The molecule has 1 aliphatic heterocycles. The van der Waals surface area contributed by atoms with Gasteiger partial charge in [0.15, 0.2) is 10.2 Å². The maximum absolute atomic E-state index is 5.86. The Bertz CT molecular complexity index is 1250. The molecule has 2 atom stereocenters.